The molecule has 0 unspecified atom stereocenters. The monoisotopic (exact) mass is 391 g/mol. The van der Waals surface area contributed by atoms with Gasteiger partial charge in [0.1, 0.15) is 5.82 Å². The minimum absolute atomic E-state index is 0.0861. The molecular weight excluding hydrogens is 385 g/mol. The van der Waals surface area contributed by atoms with Crippen LogP contribution in [-0.2, 0) is 9.05 Å². The van der Waals surface area contributed by atoms with Crippen LogP contribution >= 0.6 is 26.6 Å². The molecule has 0 spiro atoms. The molecule has 0 fully saturated rings. The Morgan fingerprint density at radius 1 is 1.14 bits per heavy atom. The van der Waals surface area contributed by atoms with Gasteiger partial charge in [0.25, 0.3) is 15.0 Å². The molecule has 0 aromatic heterocycles. The highest BCUT2D eigenvalue weighted by Crippen LogP contribution is 2.20. The summed E-state index contributed by atoms with van der Waals surface area (Å²) in [4.78, 5) is 11.8. The summed E-state index contributed by atoms with van der Waals surface area (Å²) in [6, 6.07) is 9.28. The summed E-state index contributed by atoms with van der Waals surface area (Å²) in [5.74, 6) is -1.30. The average Bonchev–Trinajstić information content (AvgIpc) is 2.38. The average molecular weight is 393 g/mol. The van der Waals surface area contributed by atoms with E-state index in [0.717, 1.165) is 0 Å². The second-order valence-corrected chi connectivity index (χ2v) is 7.52. The number of nitrogens with one attached hydrogen (secondary N) is 1. The first kappa shape index (κ1) is 15.9. The molecule has 2 aromatic carbocycles. The molecule has 8 heteroatoms. The molecule has 0 aliphatic heterocycles. The molecule has 2 rings (SSSR count). The topological polar surface area (TPSA) is 63.2 Å². The first-order valence-electron chi connectivity index (χ1n) is 5.58. The number of benzene rings is 2. The summed E-state index contributed by atoms with van der Waals surface area (Å²) >= 11 is 3.10. The molecule has 0 bridgehead atoms. The summed E-state index contributed by atoms with van der Waals surface area (Å²) in [5.41, 5.74) is 0.207. The van der Waals surface area contributed by atoms with Crippen LogP contribution in [0.4, 0.5) is 10.1 Å². The maximum Gasteiger partial charge on any atom is 0.261 e. The van der Waals surface area contributed by atoms with E-state index in [1.165, 1.54) is 36.4 Å². The Hall–Kier alpha value is -1.44. The van der Waals surface area contributed by atoms with Crippen LogP contribution < -0.4 is 5.32 Å². The highest BCUT2D eigenvalue weighted by atomic mass is 79.9. The molecule has 1 N–H and O–H groups in total. The van der Waals surface area contributed by atoms with Crippen molar-refractivity contribution in [3.8, 4) is 0 Å². The molecule has 0 saturated heterocycles. The fourth-order valence-electron chi connectivity index (χ4n) is 1.57. The Balaban J connectivity index is 2.20. The lowest BCUT2D eigenvalue weighted by atomic mass is 10.2. The van der Waals surface area contributed by atoms with Gasteiger partial charge in [-0.1, -0.05) is 15.9 Å². The normalized spacial score (nSPS) is 11.2. The fourth-order valence-corrected chi connectivity index (χ4v) is 2.68. The molecule has 21 heavy (non-hydrogen) atoms. The van der Waals surface area contributed by atoms with Crippen molar-refractivity contribution in [1.29, 1.82) is 0 Å². The van der Waals surface area contributed by atoms with Gasteiger partial charge < -0.3 is 5.32 Å². The Bertz CT molecular complexity index is 794. The number of hydrogen-bond acceptors (Lipinski definition) is 3. The van der Waals surface area contributed by atoms with E-state index in [0.29, 0.717) is 10.2 Å². The lowest BCUT2D eigenvalue weighted by Gasteiger charge is -2.07. The summed E-state index contributed by atoms with van der Waals surface area (Å²) in [6.07, 6.45) is 0. The van der Waals surface area contributed by atoms with Crippen LogP contribution in [0.1, 0.15) is 10.4 Å². The minimum atomic E-state index is -3.82. The third-order valence-electron chi connectivity index (χ3n) is 2.57. The first-order valence-corrected chi connectivity index (χ1v) is 8.69. The van der Waals surface area contributed by atoms with Gasteiger partial charge in [-0.3, -0.25) is 4.79 Å². The number of rotatable bonds is 3. The Morgan fingerprint density at radius 3 is 2.29 bits per heavy atom. The van der Waals surface area contributed by atoms with Crippen LogP contribution in [0.2, 0.25) is 0 Å². The van der Waals surface area contributed by atoms with Crippen LogP contribution in [-0.4, -0.2) is 14.3 Å². The van der Waals surface area contributed by atoms with Gasteiger partial charge in [-0.25, -0.2) is 12.8 Å². The molecule has 1 amide bonds. The van der Waals surface area contributed by atoms with Crippen LogP contribution in [0.5, 0.6) is 0 Å². The SMILES string of the molecule is O=C(Nc1ccc(S(=O)(=O)Cl)cc1)c1ccc(Br)cc1F. The Kier molecular flexibility index (Phi) is 4.65. The lowest BCUT2D eigenvalue weighted by Crippen LogP contribution is -2.13. The predicted octanol–water partition coefficient (Wildman–Crippen LogP) is 3.77. The van der Waals surface area contributed by atoms with Crippen molar-refractivity contribution in [2.45, 2.75) is 4.90 Å². The maximum absolute atomic E-state index is 13.6. The first-order chi connectivity index (χ1) is 9.77. The van der Waals surface area contributed by atoms with Gasteiger partial charge in [0.2, 0.25) is 0 Å². The Labute approximate surface area is 133 Å². The number of halogens is 3. The van der Waals surface area contributed by atoms with Crippen LogP contribution in [0.15, 0.2) is 51.8 Å². The highest BCUT2D eigenvalue weighted by molar-refractivity contribution is 9.10. The molecule has 0 heterocycles. The van der Waals surface area contributed by atoms with Crippen molar-refractivity contribution in [3.63, 3.8) is 0 Å². The van der Waals surface area contributed by atoms with Crippen LogP contribution in [0.3, 0.4) is 0 Å². The van der Waals surface area contributed by atoms with Crippen molar-refractivity contribution in [2.24, 2.45) is 0 Å². The van der Waals surface area contributed by atoms with Crippen LogP contribution in [0, 0.1) is 5.82 Å². The standard InChI is InChI=1S/C13H8BrClFNO3S/c14-8-1-6-11(12(16)7-8)13(18)17-9-2-4-10(5-3-9)21(15,19)20/h1-7H,(H,17,18). The van der Waals surface area contributed by atoms with Crippen molar-refractivity contribution in [3.05, 3.63) is 58.3 Å². The van der Waals surface area contributed by atoms with E-state index in [9.17, 15) is 17.6 Å². The smallest absolute Gasteiger partial charge is 0.261 e. The molecule has 110 valence electrons. The summed E-state index contributed by atoms with van der Waals surface area (Å²) in [7, 11) is 1.36. The van der Waals surface area contributed by atoms with Gasteiger partial charge in [-0.05, 0) is 42.5 Å². The predicted molar refractivity (Wildman–Crippen MR) is 81.5 cm³/mol. The molecular formula is C13H8BrClFNO3S. The van der Waals surface area contributed by atoms with Gasteiger partial charge in [0.15, 0.2) is 0 Å². The van der Waals surface area contributed by atoms with Gasteiger partial charge in [-0.2, -0.15) is 0 Å². The molecule has 4 nitrogen and oxygen atoms in total. The second kappa shape index (κ2) is 6.13. The zero-order valence-corrected chi connectivity index (χ0v) is 13.5. The second-order valence-electron chi connectivity index (χ2n) is 4.04. The summed E-state index contributed by atoms with van der Waals surface area (Å²) in [6.45, 7) is 0. The van der Waals surface area contributed by atoms with E-state index in [2.05, 4.69) is 21.2 Å². The minimum Gasteiger partial charge on any atom is -0.322 e. The van der Waals surface area contributed by atoms with E-state index in [4.69, 9.17) is 10.7 Å². The quantitative estimate of drug-likeness (QED) is 0.809. The third-order valence-corrected chi connectivity index (χ3v) is 4.43. The molecule has 0 aliphatic carbocycles. The van der Waals surface area contributed by atoms with E-state index in [1.807, 2.05) is 0 Å². The van der Waals surface area contributed by atoms with E-state index >= 15 is 0 Å². The van der Waals surface area contributed by atoms with Gasteiger partial charge in [0.05, 0.1) is 10.5 Å². The van der Waals surface area contributed by atoms with E-state index < -0.39 is 20.8 Å². The number of hydrogen-bond donors (Lipinski definition) is 1. The number of amides is 1. The molecule has 0 aliphatic rings. The van der Waals surface area contributed by atoms with Crippen molar-refractivity contribution < 1.29 is 17.6 Å². The Morgan fingerprint density at radius 2 is 1.76 bits per heavy atom. The summed E-state index contributed by atoms with van der Waals surface area (Å²) < 4.78 is 36.3. The van der Waals surface area contributed by atoms with Gasteiger partial charge in [0, 0.05) is 20.8 Å². The van der Waals surface area contributed by atoms with E-state index in [-0.39, 0.29) is 10.5 Å². The largest absolute Gasteiger partial charge is 0.322 e. The lowest BCUT2D eigenvalue weighted by molar-refractivity contribution is 0.102. The number of carbonyl (C=O) groups is 1. The van der Waals surface area contributed by atoms with Gasteiger partial charge in [-0.15, -0.1) is 0 Å². The molecule has 2 aromatic rings. The zero-order valence-electron chi connectivity index (χ0n) is 10.3. The highest BCUT2D eigenvalue weighted by Gasteiger charge is 2.13. The van der Waals surface area contributed by atoms with Gasteiger partial charge >= 0.3 is 0 Å². The van der Waals surface area contributed by atoms with Crippen molar-refractivity contribution >= 4 is 47.3 Å². The third kappa shape index (κ3) is 4.03. The van der Waals surface area contributed by atoms with Crippen LogP contribution in [0.25, 0.3) is 0 Å². The molecule has 0 atom stereocenters. The zero-order chi connectivity index (χ0) is 15.6. The van der Waals surface area contributed by atoms with Crippen molar-refractivity contribution in [2.75, 3.05) is 5.32 Å². The maximum atomic E-state index is 13.6. The van der Waals surface area contributed by atoms with Crippen molar-refractivity contribution in [1.82, 2.24) is 0 Å². The summed E-state index contributed by atoms with van der Waals surface area (Å²) in [5, 5.41) is 2.47. The molecule has 0 radical (unpaired) electrons. The molecule has 0 saturated carbocycles. The number of anilines is 1. The number of carbonyl (C=O) groups excluding carboxylic acids is 1. The fraction of sp³-hybridized carbons (Fsp3) is 0. The van der Waals surface area contributed by atoms with E-state index in [1.54, 1.807) is 6.07 Å².